The molecule has 210 valence electrons. The van der Waals surface area contributed by atoms with Gasteiger partial charge in [0.2, 0.25) is 17.8 Å². The standard InChI is InChI=1S/C34H25FN6O2/c1-2-43-31-19-18-24(22-36-31)32-29(20-28(37-23-42)21-30(32)35)33-38-40-41(39-33)34(25-12-6-3-7-13-25,26-14-8-4-9-15-26)27-16-10-5-11-17-27/h3-22H,2H2,1H3. The van der Waals surface area contributed by atoms with Gasteiger partial charge in [-0.05, 0) is 41.0 Å². The molecule has 0 aliphatic rings. The van der Waals surface area contributed by atoms with Crippen molar-refractivity contribution in [2.75, 3.05) is 6.61 Å². The van der Waals surface area contributed by atoms with Crippen LogP contribution in [0.15, 0.2) is 126 Å². The molecule has 0 unspecified atom stereocenters. The molecular weight excluding hydrogens is 543 g/mol. The first-order chi connectivity index (χ1) is 21.1. The van der Waals surface area contributed by atoms with Crippen molar-refractivity contribution in [3.8, 4) is 28.4 Å². The Balaban J connectivity index is 1.61. The molecule has 0 radical (unpaired) electrons. The predicted octanol–water partition coefficient (Wildman–Crippen LogP) is 6.75. The van der Waals surface area contributed by atoms with Crippen LogP contribution in [0.4, 0.5) is 10.1 Å². The zero-order valence-corrected chi connectivity index (χ0v) is 23.1. The first kappa shape index (κ1) is 27.4. The van der Waals surface area contributed by atoms with E-state index in [0.29, 0.717) is 18.1 Å². The van der Waals surface area contributed by atoms with Crippen LogP contribution in [0.3, 0.4) is 0 Å². The molecule has 6 rings (SSSR count). The molecule has 0 aliphatic heterocycles. The summed E-state index contributed by atoms with van der Waals surface area (Å²) in [6, 6.07) is 35.7. The molecule has 9 heteroatoms. The summed E-state index contributed by atoms with van der Waals surface area (Å²) in [5.41, 5.74) is 2.69. The number of pyridine rings is 1. The van der Waals surface area contributed by atoms with Gasteiger partial charge < -0.3 is 4.74 Å². The molecule has 4 aromatic carbocycles. The van der Waals surface area contributed by atoms with Gasteiger partial charge in [-0.25, -0.2) is 14.2 Å². The zero-order chi connectivity index (χ0) is 29.6. The summed E-state index contributed by atoms with van der Waals surface area (Å²) in [5, 5.41) is 13.9. The largest absolute Gasteiger partial charge is 0.478 e. The minimum absolute atomic E-state index is 0.0712. The molecule has 8 nitrogen and oxygen atoms in total. The van der Waals surface area contributed by atoms with Crippen molar-refractivity contribution >= 4 is 11.8 Å². The zero-order valence-electron chi connectivity index (χ0n) is 23.1. The third-order valence-electron chi connectivity index (χ3n) is 7.10. The van der Waals surface area contributed by atoms with E-state index >= 15 is 4.39 Å². The van der Waals surface area contributed by atoms with Crippen LogP contribution in [-0.2, 0) is 10.3 Å². The van der Waals surface area contributed by atoms with Crippen molar-refractivity contribution in [1.82, 2.24) is 25.2 Å². The van der Waals surface area contributed by atoms with Gasteiger partial charge >= 0.3 is 0 Å². The van der Waals surface area contributed by atoms with Gasteiger partial charge in [0.15, 0.2) is 5.54 Å². The van der Waals surface area contributed by atoms with Gasteiger partial charge in [0.05, 0.1) is 12.3 Å². The summed E-state index contributed by atoms with van der Waals surface area (Å²) in [6.07, 6.45) is 3.00. The van der Waals surface area contributed by atoms with Gasteiger partial charge in [-0.3, -0.25) is 0 Å². The van der Waals surface area contributed by atoms with Crippen molar-refractivity contribution in [1.29, 1.82) is 0 Å². The van der Waals surface area contributed by atoms with Crippen molar-refractivity contribution in [3.05, 3.63) is 144 Å². The van der Waals surface area contributed by atoms with E-state index in [1.165, 1.54) is 18.3 Å². The molecule has 0 atom stereocenters. The smallest absolute Gasteiger partial charge is 0.240 e. The molecule has 0 N–H and O–H groups in total. The molecule has 0 bridgehead atoms. The number of carbonyl (C=O) groups excluding carboxylic acids is 1. The number of isocyanates is 1. The van der Waals surface area contributed by atoms with Gasteiger partial charge in [0.1, 0.15) is 5.82 Å². The minimum atomic E-state index is -1.02. The van der Waals surface area contributed by atoms with Crippen molar-refractivity contribution in [2.24, 2.45) is 4.99 Å². The second kappa shape index (κ2) is 12.0. The number of aliphatic imine (C=N–C) groups is 1. The average Bonchev–Trinajstić information content (AvgIpc) is 3.54. The molecule has 2 aromatic heterocycles. The molecule has 2 heterocycles. The molecule has 0 saturated heterocycles. The fraction of sp³-hybridized carbons (Fsp3) is 0.0882. The monoisotopic (exact) mass is 568 g/mol. The Morgan fingerprint density at radius 2 is 1.47 bits per heavy atom. The maximum absolute atomic E-state index is 15.8. The topological polar surface area (TPSA) is 95.2 Å². The second-order valence-corrected chi connectivity index (χ2v) is 9.58. The third-order valence-corrected chi connectivity index (χ3v) is 7.10. The van der Waals surface area contributed by atoms with E-state index in [1.807, 2.05) is 97.9 Å². The Hall–Kier alpha value is -5.79. The fourth-order valence-corrected chi connectivity index (χ4v) is 5.29. The fourth-order valence-electron chi connectivity index (χ4n) is 5.29. The van der Waals surface area contributed by atoms with Crippen molar-refractivity contribution in [2.45, 2.75) is 12.5 Å². The summed E-state index contributed by atoms with van der Waals surface area (Å²) >= 11 is 0. The van der Waals surface area contributed by atoms with Crippen LogP contribution in [0.25, 0.3) is 22.5 Å². The first-order valence-corrected chi connectivity index (χ1v) is 13.6. The summed E-state index contributed by atoms with van der Waals surface area (Å²) < 4.78 is 21.2. The number of ether oxygens (including phenoxy) is 1. The van der Waals surface area contributed by atoms with Gasteiger partial charge in [-0.1, -0.05) is 91.0 Å². The Morgan fingerprint density at radius 3 is 1.98 bits per heavy atom. The van der Waals surface area contributed by atoms with E-state index in [-0.39, 0.29) is 22.6 Å². The summed E-state index contributed by atoms with van der Waals surface area (Å²) in [5.74, 6) is -0.0787. The average molecular weight is 569 g/mol. The Labute approximate surface area is 247 Å². The highest BCUT2D eigenvalue weighted by Gasteiger charge is 2.41. The van der Waals surface area contributed by atoms with Crippen LogP contribution in [0.5, 0.6) is 5.88 Å². The molecule has 0 aliphatic carbocycles. The van der Waals surface area contributed by atoms with E-state index in [4.69, 9.17) is 9.84 Å². The van der Waals surface area contributed by atoms with Crippen molar-refractivity contribution < 1.29 is 13.9 Å². The number of tetrazole rings is 1. The number of halogens is 1. The van der Waals surface area contributed by atoms with Gasteiger partial charge in [-0.2, -0.15) is 4.99 Å². The minimum Gasteiger partial charge on any atom is -0.478 e. The Kier molecular flexibility index (Phi) is 7.63. The summed E-state index contributed by atoms with van der Waals surface area (Å²) in [6.45, 7) is 2.30. The van der Waals surface area contributed by atoms with Crippen LogP contribution in [0, 0.1) is 5.82 Å². The summed E-state index contributed by atoms with van der Waals surface area (Å²) in [7, 11) is 0. The van der Waals surface area contributed by atoms with Gasteiger partial charge in [0, 0.05) is 35.0 Å². The highest BCUT2D eigenvalue weighted by atomic mass is 19.1. The van der Waals surface area contributed by atoms with E-state index in [2.05, 4.69) is 20.3 Å². The molecule has 0 fully saturated rings. The van der Waals surface area contributed by atoms with E-state index in [1.54, 1.807) is 16.9 Å². The second-order valence-electron chi connectivity index (χ2n) is 9.58. The predicted molar refractivity (Wildman–Crippen MR) is 160 cm³/mol. The summed E-state index contributed by atoms with van der Waals surface area (Å²) in [4.78, 5) is 20.6. The van der Waals surface area contributed by atoms with Crippen LogP contribution in [-0.4, -0.2) is 37.9 Å². The Bertz CT molecular complexity index is 1790. The van der Waals surface area contributed by atoms with Gasteiger partial charge in [-0.15, -0.1) is 15.0 Å². The molecule has 0 spiro atoms. The molecule has 0 amide bonds. The lowest BCUT2D eigenvalue weighted by atomic mass is 9.77. The highest BCUT2D eigenvalue weighted by Crippen LogP contribution is 2.41. The maximum atomic E-state index is 15.8. The van der Waals surface area contributed by atoms with Crippen LogP contribution >= 0.6 is 0 Å². The quantitative estimate of drug-likeness (QED) is 0.109. The number of hydrogen-bond acceptors (Lipinski definition) is 7. The normalized spacial score (nSPS) is 11.1. The first-order valence-electron chi connectivity index (χ1n) is 13.6. The van der Waals surface area contributed by atoms with E-state index in [0.717, 1.165) is 22.8 Å². The lowest BCUT2D eigenvalue weighted by Crippen LogP contribution is -2.39. The lowest BCUT2D eigenvalue weighted by Gasteiger charge is -2.34. The molecule has 0 saturated carbocycles. The highest BCUT2D eigenvalue weighted by molar-refractivity contribution is 5.83. The van der Waals surface area contributed by atoms with Gasteiger partial charge in [0.25, 0.3) is 0 Å². The number of hydrogen-bond donors (Lipinski definition) is 0. The third kappa shape index (κ3) is 5.09. The lowest BCUT2D eigenvalue weighted by molar-refractivity contribution is 0.327. The number of rotatable bonds is 9. The van der Waals surface area contributed by atoms with Crippen LogP contribution < -0.4 is 4.74 Å². The Morgan fingerprint density at radius 1 is 0.860 bits per heavy atom. The number of benzene rings is 4. The van der Waals surface area contributed by atoms with Crippen LogP contribution in [0.1, 0.15) is 23.6 Å². The maximum Gasteiger partial charge on any atom is 0.240 e. The van der Waals surface area contributed by atoms with E-state index in [9.17, 15) is 4.79 Å². The molecule has 6 aromatic rings. The van der Waals surface area contributed by atoms with E-state index < -0.39 is 11.4 Å². The number of nitrogens with zero attached hydrogens (tertiary/aromatic N) is 6. The van der Waals surface area contributed by atoms with Crippen molar-refractivity contribution in [3.63, 3.8) is 0 Å². The SMILES string of the molecule is CCOc1ccc(-c2c(F)cc(N=C=O)cc2-c2nnn(C(c3ccccc3)(c3ccccc3)c3ccccc3)n2)cn1. The molecule has 43 heavy (non-hydrogen) atoms. The van der Waals surface area contributed by atoms with Crippen LogP contribution in [0.2, 0.25) is 0 Å². The molecular formula is C34H25FN6O2. The number of aromatic nitrogens is 5.